The number of aliphatic hydroxyl groups is 1. The zero-order valence-corrected chi connectivity index (χ0v) is 17.9. The number of benzene rings is 1. The fraction of sp³-hybridized carbons (Fsp3) is 0.364. The second-order valence-electron chi connectivity index (χ2n) is 7.03. The molecule has 0 bridgehead atoms. The molecular weight excluding hydrogens is 386 g/mol. The quantitative estimate of drug-likeness (QED) is 0.589. The summed E-state index contributed by atoms with van der Waals surface area (Å²) in [6, 6.07) is 8.93. The molecule has 1 amide bonds. The predicted molar refractivity (Wildman–Crippen MR) is 112 cm³/mol. The van der Waals surface area contributed by atoms with Gasteiger partial charge < -0.3 is 24.3 Å². The number of rotatable bonds is 8. The number of aliphatic hydroxyl groups excluding tert-OH is 1. The Hall–Kier alpha value is -3.26. The number of aromatic nitrogens is 2. The van der Waals surface area contributed by atoms with E-state index in [-0.39, 0.29) is 5.91 Å². The number of aryl methyl sites for hydroxylation is 3. The van der Waals surface area contributed by atoms with Crippen molar-refractivity contribution >= 4 is 5.91 Å². The third kappa shape index (κ3) is 4.49. The fourth-order valence-electron chi connectivity index (χ4n) is 3.38. The van der Waals surface area contributed by atoms with Gasteiger partial charge >= 0.3 is 0 Å². The molecule has 8 heteroatoms. The molecule has 3 aromatic rings. The van der Waals surface area contributed by atoms with Gasteiger partial charge in [-0.15, -0.1) is 0 Å². The van der Waals surface area contributed by atoms with Crippen molar-refractivity contribution in [1.29, 1.82) is 0 Å². The van der Waals surface area contributed by atoms with E-state index in [2.05, 4.69) is 10.4 Å². The van der Waals surface area contributed by atoms with Gasteiger partial charge in [0.15, 0.2) is 0 Å². The second kappa shape index (κ2) is 9.04. The van der Waals surface area contributed by atoms with Crippen molar-refractivity contribution in [2.75, 3.05) is 20.8 Å². The van der Waals surface area contributed by atoms with E-state index in [1.165, 1.54) is 4.68 Å². The van der Waals surface area contributed by atoms with E-state index in [4.69, 9.17) is 13.9 Å². The normalized spacial score (nSPS) is 11.9. The summed E-state index contributed by atoms with van der Waals surface area (Å²) in [7, 11) is 4.87. The summed E-state index contributed by atoms with van der Waals surface area (Å²) in [5, 5.41) is 17.6. The minimum absolute atomic E-state index is 0.273. The van der Waals surface area contributed by atoms with Crippen LogP contribution < -0.4 is 14.8 Å². The molecule has 0 aliphatic rings. The first-order valence-electron chi connectivity index (χ1n) is 9.63. The number of nitrogens with zero attached hydrogens (tertiary/aromatic N) is 2. The van der Waals surface area contributed by atoms with Crippen LogP contribution >= 0.6 is 0 Å². The maximum atomic E-state index is 12.6. The number of ether oxygens (including phenoxy) is 2. The van der Waals surface area contributed by atoms with Crippen molar-refractivity contribution < 1.29 is 23.8 Å². The van der Waals surface area contributed by atoms with Gasteiger partial charge in [-0.1, -0.05) is 0 Å². The average Bonchev–Trinajstić information content (AvgIpc) is 3.28. The highest BCUT2D eigenvalue weighted by Gasteiger charge is 2.19. The SMILES string of the molecule is COc1ccc(OC)c(-c2cc(C(=O)NCC[C@H](O)c3cc(C)oc3C)n(C)n2)c1. The zero-order valence-electron chi connectivity index (χ0n) is 17.9. The highest BCUT2D eigenvalue weighted by Crippen LogP contribution is 2.33. The van der Waals surface area contributed by atoms with Crippen molar-refractivity contribution in [2.45, 2.75) is 26.4 Å². The van der Waals surface area contributed by atoms with Crippen LogP contribution in [0.3, 0.4) is 0 Å². The van der Waals surface area contributed by atoms with Crippen LogP contribution in [0.5, 0.6) is 11.5 Å². The minimum atomic E-state index is -0.703. The first-order valence-corrected chi connectivity index (χ1v) is 9.63. The molecule has 0 radical (unpaired) electrons. The third-order valence-electron chi connectivity index (χ3n) is 4.94. The van der Waals surface area contributed by atoms with Crippen LogP contribution in [0.1, 0.15) is 40.1 Å². The maximum absolute atomic E-state index is 12.6. The monoisotopic (exact) mass is 413 g/mol. The van der Waals surface area contributed by atoms with Crippen molar-refractivity contribution in [3.05, 3.63) is 53.1 Å². The predicted octanol–water partition coefficient (Wildman–Crippen LogP) is 3.17. The Morgan fingerprint density at radius 3 is 2.63 bits per heavy atom. The molecule has 0 unspecified atom stereocenters. The number of carbonyl (C=O) groups is 1. The molecule has 2 aromatic heterocycles. The Morgan fingerprint density at radius 1 is 1.23 bits per heavy atom. The highest BCUT2D eigenvalue weighted by atomic mass is 16.5. The van der Waals surface area contributed by atoms with E-state index in [0.717, 1.165) is 16.9 Å². The standard InChI is InChI=1S/C22H27N3O5/c1-13-10-16(14(2)30-13)20(26)8-9-23-22(27)19-12-18(24-25(19)3)17-11-15(28-4)6-7-21(17)29-5/h6-7,10-12,20,26H,8-9H2,1-5H3,(H,23,27)/t20-/m0/s1. The average molecular weight is 413 g/mol. The van der Waals surface area contributed by atoms with Gasteiger partial charge in [-0.2, -0.15) is 5.10 Å². The molecule has 1 aromatic carbocycles. The van der Waals surface area contributed by atoms with Gasteiger partial charge in [0.2, 0.25) is 0 Å². The third-order valence-corrected chi connectivity index (χ3v) is 4.94. The summed E-state index contributed by atoms with van der Waals surface area (Å²) < 4.78 is 17.7. The van der Waals surface area contributed by atoms with E-state index in [1.54, 1.807) is 39.5 Å². The fourth-order valence-corrected chi connectivity index (χ4v) is 3.38. The number of hydrogen-bond donors (Lipinski definition) is 2. The molecule has 0 aliphatic heterocycles. The lowest BCUT2D eigenvalue weighted by molar-refractivity contribution is 0.0933. The van der Waals surface area contributed by atoms with Gasteiger partial charge in [-0.3, -0.25) is 9.48 Å². The van der Waals surface area contributed by atoms with Crippen LogP contribution in [-0.2, 0) is 7.05 Å². The van der Waals surface area contributed by atoms with E-state index in [1.807, 2.05) is 26.0 Å². The summed E-state index contributed by atoms with van der Waals surface area (Å²) in [6.07, 6.45) is -0.328. The molecule has 3 rings (SSSR count). The van der Waals surface area contributed by atoms with E-state index >= 15 is 0 Å². The van der Waals surface area contributed by atoms with Crippen molar-refractivity contribution in [3.63, 3.8) is 0 Å². The van der Waals surface area contributed by atoms with Crippen molar-refractivity contribution in [1.82, 2.24) is 15.1 Å². The largest absolute Gasteiger partial charge is 0.497 e. The highest BCUT2D eigenvalue weighted by molar-refractivity contribution is 5.93. The molecule has 30 heavy (non-hydrogen) atoms. The number of furan rings is 1. The second-order valence-corrected chi connectivity index (χ2v) is 7.03. The number of carbonyl (C=O) groups excluding carboxylic acids is 1. The molecular formula is C22H27N3O5. The van der Waals surface area contributed by atoms with Crippen LogP contribution in [0.2, 0.25) is 0 Å². The molecule has 2 N–H and O–H groups in total. The number of hydrogen-bond acceptors (Lipinski definition) is 6. The summed E-state index contributed by atoms with van der Waals surface area (Å²) >= 11 is 0. The molecule has 0 spiro atoms. The van der Waals surface area contributed by atoms with Crippen molar-refractivity contribution in [3.8, 4) is 22.8 Å². The maximum Gasteiger partial charge on any atom is 0.269 e. The Labute approximate surface area is 175 Å². The molecule has 160 valence electrons. The van der Waals surface area contributed by atoms with E-state index in [9.17, 15) is 9.90 Å². The van der Waals surface area contributed by atoms with Crippen LogP contribution in [0.4, 0.5) is 0 Å². The van der Waals surface area contributed by atoms with E-state index in [0.29, 0.717) is 41.6 Å². The lowest BCUT2D eigenvalue weighted by Crippen LogP contribution is -2.27. The van der Waals surface area contributed by atoms with Gasteiger partial charge in [0, 0.05) is 24.7 Å². The molecule has 2 heterocycles. The lowest BCUT2D eigenvalue weighted by atomic mass is 10.1. The Balaban J connectivity index is 1.69. The molecule has 0 saturated carbocycles. The number of methoxy groups -OCH3 is 2. The zero-order chi connectivity index (χ0) is 21.8. The van der Waals surface area contributed by atoms with Crippen LogP contribution in [0.15, 0.2) is 34.7 Å². The Morgan fingerprint density at radius 2 is 2.00 bits per heavy atom. The van der Waals surface area contributed by atoms with Gasteiger partial charge in [-0.05, 0) is 50.6 Å². The minimum Gasteiger partial charge on any atom is -0.497 e. The molecule has 1 atom stereocenters. The van der Waals surface area contributed by atoms with Gasteiger partial charge in [0.05, 0.1) is 26.0 Å². The Kier molecular flexibility index (Phi) is 6.47. The van der Waals surface area contributed by atoms with Crippen LogP contribution in [0, 0.1) is 13.8 Å². The first kappa shape index (κ1) is 21.4. The lowest BCUT2D eigenvalue weighted by Gasteiger charge is -2.10. The van der Waals surface area contributed by atoms with Gasteiger partial charge in [0.1, 0.15) is 28.7 Å². The molecule has 0 saturated heterocycles. The van der Waals surface area contributed by atoms with Crippen molar-refractivity contribution in [2.24, 2.45) is 7.05 Å². The smallest absolute Gasteiger partial charge is 0.269 e. The first-order chi connectivity index (χ1) is 14.3. The summed E-state index contributed by atoms with van der Waals surface area (Å²) in [4.78, 5) is 12.6. The topological polar surface area (TPSA) is 98.8 Å². The van der Waals surface area contributed by atoms with E-state index < -0.39 is 6.10 Å². The number of amides is 1. The molecule has 0 fully saturated rings. The Bertz CT molecular complexity index is 1040. The van der Waals surface area contributed by atoms with Gasteiger partial charge in [0.25, 0.3) is 5.91 Å². The summed E-state index contributed by atoms with van der Waals surface area (Å²) in [6.45, 7) is 3.96. The molecule has 8 nitrogen and oxygen atoms in total. The van der Waals surface area contributed by atoms with Crippen LogP contribution in [-0.4, -0.2) is 41.6 Å². The summed E-state index contributed by atoms with van der Waals surface area (Å²) in [5.41, 5.74) is 2.48. The number of nitrogens with one attached hydrogen (secondary N) is 1. The summed E-state index contributed by atoms with van der Waals surface area (Å²) in [5.74, 6) is 2.47. The molecule has 0 aliphatic carbocycles. The van der Waals surface area contributed by atoms with Gasteiger partial charge in [-0.25, -0.2) is 0 Å². The van der Waals surface area contributed by atoms with Crippen LogP contribution in [0.25, 0.3) is 11.3 Å².